The number of amides is 1. The first kappa shape index (κ1) is 21.4. The lowest BCUT2D eigenvalue weighted by molar-refractivity contribution is -0.124. The van der Waals surface area contributed by atoms with E-state index in [-0.39, 0.29) is 23.3 Å². The van der Waals surface area contributed by atoms with Crippen LogP contribution in [0.15, 0.2) is 6.07 Å². The van der Waals surface area contributed by atoms with Crippen LogP contribution in [0, 0.1) is 11.8 Å². The minimum absolute atomic E-state index is 0.0396. The Balaban J connectivity index is 2.00. The zero-order chi connectivity index (χ0) is 20.5. The third kappa shape index (κ3) is 4.61. The van der Waals surface area contributed by atoms with E-state index >= 15 is 0 Å². The van der Waals surface area contributed by atoms with Crippen LogP contribution in [-0.4, -0.2) is 23.0 Å². The molecule has 0 radical (unpaired) electrons. The summed E-state index contributed by atoms with van der Waals surface area (Å²) in [6.45, 7) is 8.56. The fraction of sp³-hybridized carbons (Fsp3) is 0.739. The normalized spacial score (nSPS) is 24.1. The van der Waals surface area contributed by atoms with Crippen molar-refractivity contribution in [3.63, 3.8) is 0 Å². The first-order valence-electron chi connectivity index (χ1n) is 10.9. The van der Waals surface area contributed by atoms with Gasteiger partial charge in [0, 0.05) is 16.8 Å². The summed E-state index contributed by atoms with van der Waals surface area (Å²) in [6, 6.07) is 2.13. The van der Waals surface area contributed by atoms with E-state index in [1.807, 2.05) is 11.0 Å². The maximum absolute atomic E-state index is 13.7. The zero-order valence-corrected chi connectivity index (χ0v) is 18.6. The number of carbonyl (C=O) groups is 2. The summed E-state index contributed by atoms with van der Waals surface area (Å²) in [6.07, 6.45) is 9.47. The molecule has 156 valence electrons. The Bertz CT molecular complexity index is 704. The van der Waals surface area contributed by atoms with Crippen LogP contribution < -0.4 is 4.90 Å². The van der Waals surface area contributed by atoms with Crippen LogP contribution in [-0.2, 0) is 10.2 Å². The number of hydrogen-bond acceptors (Lipinski definition) is 3. The Hall–Kier alpha value is -1.36. The van der Waals surface area contributed by atoms with E-state index in [1.165, 1.54) is 17.8 Å². The number of rotatable bonds is 4. The van der Waals surface area contributed by atoms with Gasteiger partial charge in [0.2, 0.25) is 5.91 Å². The van der Waals surface area contributed by atoms with Crippen LogP contribution in [0.4, 0.5) is 5.69 Å². The molecule has 0 aromatic carbocycles. The lowest BCUT2D eigenvalue weighted by Crippen LogP contribution is -2.46. The number of hydrogen-bond donors (Lipinski definition) is 1. The lowest BCUT2D eigenvalue weighted by atomic mass is 9.81. The number of carboxylic acid groups (broad SMARTS) is 1. The first-order valence-corrected chi connectivity index (χ1v) is 11.7. The van der Waals surface area contributed by atoms with Crippen molar-refractivity contribution in [2.24, 2.45) is 11.8 Å². The molecule has 2 aliphatic rings. The van der Waals surface area contributed by atoms with Crippen molar-refractivity contribution in [3.8, 4) is 0 Å². The van der Waals surface area contributed by atoms with Crippen molar-refractivity contribution >= 4 is 28.9 Å². The number of aromatic carboxylic acids is 1. The average molecular weight is 406 g/mol. The molecule has 1 aromatic heterocycles. The van der Waals surface area contributed by atoms with Crippen molar-refractivity contribution in [2.45, 2.75) is 96.9 Å². The Kier molecular flexibility index (Phi) is 6.53. The second kappa shape index (κ2) is 8.56. The molecule has 0 bridgehead atoms. The van der Waals surface area contributed by atoms with Crippen LogP contribution in [0.2, 0.25) is 0 Å². The van der Waals surface area contributed by atoms with Gasteiger partial charge in [-0.15, -0.1) is 11.3 Å². The molecule has 2 saturated carbocycles. The predicted molar refractivity (Wildman–Crippen MR) is 115 cm³/mol. The summed E-state index contributed by atoms with van der Waals surface area (Å²) in [5.74, 6) is -0.0194. The van der Waals surface area contributed by atoms with Gasteiger partial charge in [-0.05, 0) is 55.9 Å². The van der Waals surface area contributed by atoms with Crippen LogP contribution in [0.25, 0.3) is 0 Å². The van der Waals surface area contributed by atoms with Gasteiger partial charge >= 0.3 is 5.97 Å². The zero-order valence-electron chi connectivity index (χ0n) is 17.8. The van der Waals surface area contributed by atoms with Crippen LogP contribution in [0.3, 0.4) is 0 Å². The van der Waals surface area contributed by atoms with Crippen LogP contribution in [0.5, 0.6) is 0 Å². The lowest BCUT2D eigenvalue weighted by Gasteiger charge is -2.38. The smallest absolute Gasteiger partial charge is 0.348 e. The number of carbonyl (C=O) groups excluding carboxylic acids is 1. The quantitative estimate of drug-likeness (QED) is 0.645. The highest BCUT2D eigenvalue weighted by Crippen LogP contribution is 2.41. The van der Waals surface area contributed by atoms with Crippen molar-refractivity contribution < 1.29 is 14.7 Å². The maximum atomic E-state index is 13.7. The summed E-state index contributed by atoms with van der Waals surface area (Å²) in [5, 5.41) is 9.89. The summed E-state index contributed by atoms with van der Waals surface area (Å²) < 4.78 is 0. The molecule has 0 atom stereocenters. The van der Waals surface area contributed by atoms with Crippen molar-refractivity contribution in [3.05, 3.63) is 15.8 Å². The summed E-state index contributed by atoms with van der Waals surface area (Å²) in [7, 11) is 0. The highest BCUT2D eigenvalue weighted by atomic mass is 32.1. The number of anilines is 1. The van der Waals surface area contributed by atoms with Gasteiger partial charge in [-0.3, -0.25) is 4.79 Å². The maximum Gasteiger partial charge on any atom is 0.348 e. The predicted octanol–water partition coefficient (Wildman–Crippen LogP) is 6.24. The van der Waals surface area contributed by atoms with Gasteiger partial charge in [0.15, 0.2) is 0 Å². The third-order valence-corrected chi connectivity index (χ3v) is 7.99. The Labute approximate surface area is 173 Å². The van der Waals surface area contributed by atoms with E-state index in [0.717, 1.165) is 56.2 Å². The minimum atomic E-state index is -0.915. The fourth-order valence-electron chi connectivity index (χ4n) is 4.62. The molecule has 1 aromatic rings. The molecule has 3 rings (SSSR count). The van der Waals surface area contributed by atoms with Gasteiger partial charge < -0.3 is 10.0 Å². The van der Waals surface area contributed by atoms with E-state index in [9.17, 15) is 14.7 Å². The molecule has 2 fully saturated rings. The SMILES string of the molecule is CC1CCC(C(=O)N(c2cc(C(C)(C)C)sc2C(=O)O)C2CCCCC2)CC1. The number of carboxylic acids is 1. The van der Waals surface area contributed by atoms with E-state index < -0.39 is 5.97 Å². The largest absolute Gasteiger partial charge is 0.477 e. The molecule has 1 heterocycles. The highest BCUT2D eigenvalue weighted by Gasteiger charge is 2.37. The second-order valence-corrected chi connectivity index (χ2v) is 10.9. The van der Waals surface area contributed by atoms with E-state index in [4.69, 9.17) is 0 Å². The molecular formula is C23H35NO3S. The topological polar surface area (TPSA) is 57.6 Å². The molecule has 2 aliphatic carbocycles. The third-order valence-electron chi connectivity index (χ3n) is 6.45. The molecular weight excluding hydrogens is 370 g/mol. The van der Waals surface area contributed by atoms with E-state index in [1.54, 1.807) is 0 Å². The standard InChI is InChI=1S/C23H35NO3S/c1-15-10-12-16(13-11-15)21(25)24(17-8-6-5-7-9-17)18-14-19(23(2,3)4)28-20(18)22(26)27/h14-17H,5-13H2,1-4H3,(H,26,27). The molecule has 1 N–H and O–H groups in total. The summed E-state index contributed by atoms with van der Waals surface area (Å²) in [4.78, 5) is 29.0. The summed E-state index contributed by atoms with van der Waals surface area (Å²) >= 11 is 1.34. The van der Waals surface area contributed by atoms with Gasteiger partial charge in [0.05, 0.1) is 5.69 Å². The van der Waals surface area contributed by atoms with Crippen molar-refractivity contribution in [2.75, 3.05) is 4.90 Å². The fourth-order valence-corrected chi connectivity index (χ4v) is 5.67. The molecule has 0 unspecified atom stereocenters. The van der Waals surface area contributed by atoms with Gasteiger partial charge in [0.25, 0.3) is 0 Å². The monoisotopic (exact) mass is 405 g/mol. The van der Waals surface area contributed by atoms with Gasteiger partial charge in [-0.2, -0.15) is 0 Å². The second-order valence-electron chi connectivity index (χ2n) is 9.84. The van der Waals surface area contributed by atoms with Gasteiger partial charge in [-0.25, -0.2) is 4.79 Å². The van der Waals surface area contributed by atoms with E-state index in [0.29, 0.717) is 16.5 Å². The molecule has 0 aliphatic heterocycles. The molecule has 0 spiro atoms. The molecule has 4 nitrogen and oxygen atoms in total. The molecule has 0 saturated heterocycles. The highest BCUT2D eigenvalue weighted by molar-refractivity contribution is 7.14. The van der Waals surface area contributed by atoms with Crippen LogP contribution in [0.1, 0.15) is 100 Å². The average Bonchev–Trinajstić information content (AvgIpc) is 3.09. The van der Waals surface area contributed by atoms with Crippen molar-refractivity contribution in [1.82, 2.24) is 0 Å². The summed E-state index contributed by atoms with van der Waals surface area (Å²) in [5.41, 5.74) is 0.521. The van der Waals surface area contributed by atoms with Crippen molar-refractivity contribution in [1.29, 1.82) is 0 Å². The van der Waals surface area contributed by atoms with Gasteiger partial charge in [-0.1, -0.05) is 47.0 Å². The Morgan fingerprint density at radius 2 is 1.64 bits per heavy atom. The van der Waals surface area contributed by atoms with Crippen LogP contribution >= 0.6 is 11.3 Å². The molecule has 5 heteroatoms. The van der Waals surface area contributed by atoms with Gasteiger partial charge in [0.1, 0.15) is 4.88 Å². The van der Waals surface area contributed by atoms with E-state index in [2.05, 4.69) is 27.7 Å². The number of thiophene rings is 1. The molecule has 28 heavy (non-hydrogen) atoms. The minimum Gasteiger partial charge on any atom is -0.477 e. The number of nitrogens with zero attached hydrogens (tertiary/aromatic N) is 1. The molecule has 1 amide bonds. The first-order chi connectivity index (χ1) is 13.2. The Morgan fingerprint density at radius 3 is 2.18 bits per heavy atom. The Morgan fingerprint density at radius 1 is 1.04 bits per heavy atom.